The van der Waals surface area contributed by atoms with Crippen molar-refractivity contribution in [1.82, 2.24) is 4.98 Å². The Bertz CT molecular complexity index is 1020. The first-order valence-electron chi connectivity index (χ1n) is 7.91. The molecule has 2 aromatic carbocycles. The van der Waals surface area contributed by atoms with E-state index in [1.54, 1.807) is 12.3 Å². The molecule has 0 aliphatic heterocycles. The number of fused-ring (bicyclic) bond motifs is 1. The number of benzene rings is 2. The topological polar surface area (TPSA) is 67.2 Å². The second-order valence-corrected chi connectivity index (χ2v) is 7.31. The van der Waals surface area contributed by atoms with E-state index in [-0.39, 0.29) is 11.7 Å². The highest BCUT2D eigenvalue weighted by molar-refractivity contribution is 7.15. The quantitative estimate of drug-likeness (QED) is 0.483. The van der Waals surface area contributed by atoms with Gasteiger partial charge >= 0.3 is 0 Å². The number of nitrogens with one attached hydrogen (secondary N) is 2. The molecule has 0 saturated heterocycles. The number of aromatic nitrogens is 1. The van der Waals surface area contributed by atoms with Gasteiger partial charge in [-0.15, -0.1) is 11.3 Å². The van der Waals surface area contributed by atoms with E-state index in [0.29, 0.717) is 22.3 Å². The number of furan rings is 1. The molecule has 5 nitrogen and oxygen atoms in total. The van der Waals surface area contributed by atoms with E-state index < -0.39 is 0 Å². The standard InChI is InChI=1S/C19H14ClN3O2S/c20-19-22-11-15(26-19)10-21-13-5-7-14(8-6-13)23-18(24)17-9-12-3-1-2-4-16(12)25-17/h1-9,11,21H,10H2,(H,23,24). The second kappa shape index (κ2) is 7.19. The largest absolute Gasteiger partial charge is 0.451 e. The number of rotatable bonds is 5. The molecule has 0 aliphatic rings. The Morgan fingerprint density at radius 3 is 2.62 bits per heavy atom. The van der Waals surface area contributed by atoms with Gasteiger partial charge in [-0.3, -0.25) is 4.79 Å². The Labute approximate surface area is 158 Å². The zero-order valence-corrected chi connectivity index (χ0v) is 15.1. The number of nitrogens with zero attached hydrogens (tertiary/aromatic N) is 1. The van der Waals surface area contributed by atoms with Gasteiger partial charge in [-0.2, -0.15) is 0 Å². The average Bonchev–Trinajstić information content (AvgIpc) is 3.27. The van der Waals surface area contributed by atoms with Crippen molar-refractivity contribution in [3.63, 3.8) is 0 Å². The minimum atomic E-state index is -0.277. The van der Waals surface area contributed by atoms with Crippen molar-refractivity contribution in [3.05, 3.63) is 75.9 Å². The summed E-state index contributed by atoms with van der Waals surface area (Å²) < 4.78 is 6.11. The highest BCUT2D eigenvalue weighted by Gasteiger charge is 2.12. The summed E-state index contributed by atoms with van der Waals surface area (Å²) >= 11 is 7.26. The van der Waals surface area contributed by atoms with E-state index in [4.69, 9.17) is 16.0 Å². The molecule has 0 radical (unpaired) electrons. The fourth-order valence-electron chi connectivity index (χ4n) is 2.51. The van der Waals surface area contributed by atoms with Gasteiger partial charge in [0.15, 0.2) is 10.2 Å². The monoisotopic (exact) mass is 383 g/mol. The van der Waals surface area contributed by atoms with Crippen molar-refractivity contribution >= 4 is 51.2 Å². The second-order valence-electron chi connectivity index (χ2n) is 5.61. The number of hydrogen-bond donors (Lipinski definition) is 2. The highest BCUT2D eigenvalue weighted by Crippen LogP contribution is 2.22. The molecule has 0 bridgehead atoms. The molecule has 0 atom stereocenters. The van der Waals surface area contributed by atoms with Crippen LogP contribution < -0.4 is 10.6 Å². The van der Waals surface area contributed by atoms with Crippen LogP contribution in [0.3, 0.4) is 0 Å². The van der Waals surface area contributed by atoms with Crippen LogP contribution in [0.25, 0.3) is 11.0 Å². The highest BCUT2D eigenvalue weighted by atomic mass is 35.5. The van der Waals surface area contributed by atoms with Crippen molar-refractivity contribution in [1.29, 1.82) is 0 Å². The molecule has 0 saturated carbocycles. The average molecular weight is 384 g/mol. The molecule has 0 aliphatic carbocycles. The number of carbonyl (C=O) groups excluding carboxylic acids is 1. The Hall–Kier alpha value is -2.83. The van der Waals surface area contributed by atoms with Crippen LogP contribution >= 0.6 is 22.9 Å². The fourth-order valence-corrected chi connectivity index (χ4v) is 3.43. The molecule has 2 heterocycles. The lowest BCUT2D eigenvalue weighted by Gasteiger charge is -2.07. The number of thiazole rings is 1. The molecule has 1 amide bonds. The zero-order chi connectivity index (χ0) is 17.9. The summed E-state index contributed by atoms with van der Waals surface area (Å²) in [6, 6.07) is 16.7. The van der Waals surface area contributed by atoms with Gasteiger partial charge in [0, 0.05) is 27.8 Å². The summed E-state index contributed by atoms with van der Waals surface area (Å²) in [5, 5.41) is 7.03. The zero-order valence-electron chi connectivity index (χ0n) is 13.5. The summed E-state index contributed by atoms with van der Waals surface area (Å²) in [6.45, 7) is 0.648. The lowest BCUT2D eigenvalue weighted by Crippen LogP contribution is -2.10. The number of para-hydroxylation sites is 1. The minimum Gasteiger partial charge on any atom is -0.451 e. The van der Waals surface area contributed by atoms with Crippen LogP contribution in [-0.4, -0.2) is 10.9 Å². The van der Waals surface area contributed by atoms with Gasteiger partial charge in [0.1, 0.15) is 5.58 Å². The van der Waals surface area contributed by atoms with Gasteiger partial charge < -0.3 is 15.1 Å². The molecule has 4 rings (SSSR count). The van der Waals surface area contributed by atoms with Gasteiger partial charge in [-0.25, -0.2) is 4.98 Å². The maximum Gasteiger partial charge on any atom is 0.291 e. The predicted molar refractivity (Wildman–Crippen MR) is 105 cm³/mol. The van der Waals surface area contributed by atoms with E-state index in [9.17, 15) is 4.79 Å². The number of hydrogen-bond acceptors (Lipinski definition) is 5. The lowest BCUT2D eigenvalue weighted by atomic mass is 10.2. The molecule has 2 N–H and O–H groups in total. The summed E-state index contributed by atoms with van der Waals surface area (Å²) in [7, 11) is 0. The first kappa shape index (κ1) is 16.6. The number of amides is 1. The Kier molecular flexibility index (Phi) is 4.60. The third-order valence-corrected chi connectivity index (χ3v) is 4.90. The maximum atomic E-state index is 12.3. The molecule has 0 unspecified atom stereocenters. The molecule has 2 aromatic heterocycles. The molecule has 130 valence electrons. The van der Waals surface area contributed by atoms with Crippen molar-refractivity contribution in [2.24, 2.45) is 0 Å². The van der Waals surface area contributed by atoms with Crippen molar-refractivity contribution < 1.29 is 9.21 Å². The molecule has 26 heavy (non-hydrogen) atoms. The van der Waals surface area contributed by atoms with Crippen LogP contribution in [0.1, 0.15) is 15.4 Å². The van der Waals surface area contributed by atoms with Crippen molar-refractivity contribution in [3.8, 4) is 0 Å². The third kappa shape index (κ3) is 3.71. The van der Waals surface area contributed by atoms with Crippen LogP contribution in [0.4, 0.5) is 11.4 Å². The van der Waals surface area contributed by atoms with E-state index in [0.717, 1.165) is 16.0 Å². The Morgan fingerprint density at radius 2 is 1.88 bits per heavy atom. The molecule has 0 fully saturated rings. The van der Waals surface area contributed by atoms with Crippen LogP contribution in [-0.2, 0) is 6.54 Å². The van der Waals surface area contributed by atoms with Gasteiger partial charge in [0.25, 0.3) is 5.91 Å². The van der Waals surface area contributed by atoms with Crippen molar-refractivity contribution in [2.75, 3.05) is 10.6 Å². The summed E-state index contributed by atoms with van der Waals surface area (Å²) in [5.41, 5.74) is 2.33. The van der Waals surface area contributed by atoms with E-state index >= 15 is 0 Å². The van der Waals surface area contributed by atoms with Gasteiger partial charge in [0.2, 0.25) is 0 Å². The predicted octanol–water partition coefficient (Wildman–Crippen LogP) is 5.41. The first-order chi connectivity index (χ1) is 12.7. The number of halogens is 1. The van der Waals surface area contributed by atoms with Gasteiger partial charge in [-0.1, -0.05) is 29.8 Å². The van der Waals surface area contributed by atoms with E-state index in [1.165, 1.54) is 11.3 Å². The fraction of sp³-hybridized carbons (Fsp3) is 0.0526. The third-order valence-electron chi connectivity index (χ3n) is 3.78. The molecule has 7 heteroatoms. The molecular formula is C19H14ClN3O2S. The summed E-state index contributed by atoms with van der Waals surface area (Å²) in [5.74, 6) is 0.0108. The van der Waals surface area contributed by atoms with Crippen LogP contribution in [0.5, 0.6) is 0 Å². The van der Waals surface area contributed by atoms with Crippen LogP contribution in [0.2, 0.25) is 4.47 Å². The summed E-state index contributed by atoms with van der Waals surface area (Å²) in [6.07, 6.45) is 1.75. The molecule has 0 spiro atoms. The van der Waals surface area contributed by atoms with E-state index in [2.05, 4.69) is 15.6 Å². The number of carbonyl (C=O) groups is 1. The Morgan fingerprint density at radius 1 is 1.12 bits per heavy atom. The SMILES string of the molecule is O=C(Nc1ccc(NCc2cnc(Cl)s2)cc1)c1cc2ccccc2o1. The van der Waals surface area contributed by atoms with Crippen LogP contribution in [0.15, 0.2) is 65.2 Å². The normalized spacial score (nSPS) is 10.8. The molecular weight excluding hydrogens is 370 g/mol. The summed E-state index contributed by atoms with van der Waals surface area (Å²) in [4.78, 5) is 17.4. The van der Waals surface area contributed by atoms with E-state index in [1.807, 2.05) is 48.5 Å². The smallest absolute Gasteiger partial charge is 0.291 e. The first-order valence-corrected chi connectivity index (χ1v) is 9.11. The lowest BCUT2D eigenvalue weighted by molar-refractivity contribution is 0.0998. The van der Waals surface area contributed by atoms with Crippen LogP contribution in [0, 0.1) is 0 Å². The number of anilines is 2. The maximum absolute atomic E-state index is 12.3. The van der Waals surface area contributed by atoms with Crippen molar-refractivity contribution in [2.45, 2.75) is 6.54 Å². The molecule has 4 aromatic rings. The van der Waals surface area contributed by atoms with Gasteiger partial charge in [0.05, 0.1) is 6.54 Å². The van der Waals surface area contributed by atoms with Gasteiger partial charge in [-0.05, 0) is 36.4 Å². The Balaban J connectivity index is 1.39. The minimum absolute atomic E-state index is 0.277.